The summed E-state index contributed by atoms with van der Waals surface area (Å²) in [6.07, 6.45) is 1.57. The molecule has 0 spiro atoms. The Balaban J connectivity index is 1.52. The van der Waals surface area contributed by atoms with Crippen LogP contribution < -0.4 is 0 Å². The molecule has 0 unspecified atom stereocenters. The van der Waals surface area contributed by atoms with Crippen LogP contribution in [0.4, 0.5) is 0 Å². The molecule has 0 radical (unpaired) electrons. The maximum absolute atomic E-state index is 6.35. The summed E-state index contributed by atoms with van der Waals surface area (Å²) in [6.45, 7) is 8.21. The van der Waals surface area contributed by atoms with E-state index in [1.165, 1.54) is 27.5 Å². The normalized spacial score (nSPS) is 28.4. The van der Waals surface area contributed by atoms with E-state index in [0.29, 0.717) is 19.8 Å². The fourth-order valence-electron chi connectivity index (χ4n) is 3.99. The van der Waals surface area contributed by atoms with Crippen LogP contribution in [0.15, 0.2) is 30.3 Å². The Morgan fingerprint density at radius 3 is 2.73 bits per heavy atom. The molecule has 4 rings (SSSR count). The highest BCUT2D eigenvalue weighted by Gasteiger charge is 2.48. The molecule has 2 saturated heterocycles. The lowest BCUT2D eigenvalue weighted by Gasteiger charge is -2.28. The van der Waals surface area contributed by atoms with Gasteiger partial charge in [0.25, 0.3) is 0 Å². The van der Waals surface area contributed by atoms with Crippen LogP contribution in [0, 0.1) is 13.8 Å². The number of fused-ring (bicyclic) bond motifs is 2. The SMILES string of the molecule is CCC[C@H]1O[C@@H]2OCCO[C@@H]2[C@H]1OCc1cc2ccc(C)cc2cc1C. The van der Waals surface area contributed by atoms with Gasteiger partial charge in [-0.3, -0.25) is 0 Å². The molecule has 2 aromatic carbocycles. The van der Waals surface area contributed by atoms with E-state index in [9.17, 15) is 0 Å². The minimum atomic E-state index is -0.286. The Morgan fingerprint density at radius 2 is 1.88 bits per heavy atom. The van der Waals surface area contributed by atoms with Gasteiger partial charge in [-0.1, -0.05) is 43.2 Å². The lowest BCUT2D eigenvalue weighted by atomic mass is 10.0. The molecular formula is C22H28O4. The van der Waals surface area contributed by atoms with Crippen LogP contribution in [0.25, 0.3) is 10.8 Å². The molecule has 2 fully saturated rings. The fourth-order valence-corrected chi connectivity index (χ4v) is 3.99. The van der Waals surface area contributed by atoms with Gasteiger partial charge < -0.3 is 18.9 Å². The van der Waals surface area contributed by atoms with Gasteiger partial charge in [-0.25, -0.2) is 0 Å². The maximum Gasteiger partial charge on any atom is 0.186 e. The van der Waals surface area contributed by atoms with Gasteiger partial charge in [0.2, 0.25) is 0 Å². The third-order valence-corrected chi connectivity index (χ3v) is 5.40. The number of rotatable bonds is 5. The molecule has 0 aromatic heterocycles. The molecule has 0 N–H and O–H groups in total. The van der Waals surface area contributed by atoms with Crippen molar-refractivity contribution in [2.75, 3.05) is 13.2 Å². The van der Waals surface area contributed by atoms with Crippen molar-refractivity contribution < 1.29 is 18.9 Å². The summed E-state index contributed by atoms with van der Waals surface area (Å²) in [5.41, 5.74) is 3.76. The third kappa shape index (κ3) is 3.52. The van der Waals surface area contributed by atoms with Crippen molar-refractivity contribution >= 4 is 10.8 Å². The standard InChI is InChI=1S/C22H28O4/c1-4-5-19-20(21-22(26-19)24-9-8-23-21)25-13-18-12-16-7-6-14(2)10-17(16)11-15(18)3/h6-7,10-12,19-22H,4-5,8-9,13H2,1-3H3/t19-,20+,21-,22+/m1/s1. The predicted octanol–water partition coefficient (Wildman–Crippen LogP) is 4.28. The summed E-state index contributed by atoms with van der Waals surface area (Å²) < 4.78 is 24.0. The van der Waals surface area contributed by atoms with Crippen LogP contribution in [0.1, 0.15) is 36.5 Å². The topological polar surface area (TPSA) is 36.9 Å². The highest BCUT2D eigenvalue weighted by atomic mass is 16.7. The second kappa shape index (κ2) is 7.65. The smallest absolute Gasteiger partial charge is 0.186 e. The zero-order valence-corrected chi connectivity index (χ0v) is 15.9. The Kier molecular flexibility index (Phi) is 5.28. The summed E-state index contributed by atoms with van der Waals surface area (Å²) in [5, 5.41) is 2.53. The predicted molar refractivity (Wildman–Crippen MR) is 101 cm³/mol. The molecule has 0 saturated carbocycles. The largest absolute Gasteiger partial charge is 0.368 e. The first-order valence-corrected chi connectivity index (χ1v) is 9.66. The van der Waals surface area contributed by atoms with E-state index >= 15 is 0 Å². The van der Waals surface area contributed by atoms with E-state index in [1.54, 1.807) is 0 Å². The molecule has 4 nitrogen and oxygen atoms in total. The second-order valence-electron chi connectivity index (χ2n) is 7.44. The van der Waals surface area contributed by atoms with Gasteiger partial charge in [0.1, 0.15) is 12.2 Å². The maximum atomic E-state index is 6.35. The first kappa shape index (κ1) is 17.9. The zero-order chi connectivity index (χ0) is 18.1. The van der Waals surface area contributed by atoms with Crippen molar-refractivity contribution in [1.29, 1.82) is 0 Å². The molecule has 0 amide bonds. The molecule has 140 valence electrons. The molecule has 26 heavy (non-hydrogen) atoms. The lowest BCUT2D eigenvalue weighted by Crippen LogP contribution is -2.42. The van der Waals surface area contributed by atoms with Crippen LogP contribution in [-0.4, -0.2) is 37.8 Å². The van der Waals surface area contributed by atoms with E-state index in [1.807, 2.05) is 0 Å². The van der Waals surface area contributed by atoms with Gasteiger partial charge in [-0.2, -0.15) is 0 Å². The number of benzene rings is 2. The Morgan fingerprint density at radius 1 is 1.04 bits per heavy atom. The number of aryl methyl sites for hydroxylation is 2. The molecule has 0 aliphatic carbocycles. The van der Waals surface area contributed by atoms with Gasteiger partial charge in [0.05, 0.1) is 25.9 Å². The van der Waals surface area contributed by atoms with Crippen molar-refractivity contribution in [3.05, 3.63) is 47.0 Å². The quantitative estimate of drug-likeness (QED) is 0.801. The van der Waals surface area contributed by atoms with E-state index in [-0.39, 0.29) is 24.6 Å². The lowest BCUT2D eigenvalue weighted by molar-refractivity contribution is -0.222. The van der Waals surface area contributed by atoms with Crippen molar-refractivity contribution in [3.63, 3.8) is 0 Å². The molecule has 0 bridgehead atoms. The van der Waals surface area contributed by atoms with Gasteiger partial charge in [0, 0.05) is 0 Å². The molecule has 2 aliphatic heterocycles. The Labute approximate surface area is 155 Å². The van der Waals surface area contributed by atoms with Crippen molar-refractivity contribution in [1.82, 2.24) is 0 Å². The summed E-state index contributed by atoms with van der Waals surface area (Å²) in [6, 6.07) is 11.1. The van der Waals surface area contributed by atoms with E-state index in [2.05, 4.69) is 51.1 Å². The highest BCUT2D eigenvalue weighted by Crippen LogP contribution is 2.33. The number of hydrogen-bond acceptors (Lipinski definition) is 4. The molecule has 2 aliphatic rings. The summed E-state index contributed by atoms with van der Waals surface area (Å²) in [4.78, 5) is 0. The molecule has 4 heteroatoms. The molecule has 2 heterocycles. The van der Waals surface area contributed by atoms with Crippen molar-refractivity contribution in [2.45, 2.75) is 64.8 Å². The van der Waals surface area contributed by atoms with Gasteiger partial charge >= 0.3 is 0 Å². The molecular weight excluding hydrogens is 328 g/mol. The summed E-state index contributed by atoms with van der Waals surface area (Å²) >= 11 is 0. The number of hydrogen-bond donors (Lipinski definition) is 0. The van der Waals surface area contributed by atoms with E-state index < -0.39 is 0 Å². The van der Waals surface area contributed by atoms with Crippen LogP contribution in [0.2, 0.25) is 0 Å². The highest BCUT2D eigenvalue weighted by molar-refractivity contribution is 5.84. The van der Waals surface area contributed by atoms with E-state index in [0.717, 1.165) is 12.8 Å². The van der Waals surface area contributed by atoms with Crippen molar-refractivity contribution in [2.24, 2.45) is 0 Å². The summed E-state index contributed by atoms with van der Waals surface area (Å²) in [7, 11) is 0. The molecule has 4 atom stereocenters. The minimum absolute atomic E-state index is 0.0384. The van der Waals surface area contributed by atoms with Crippen LogP contribution in [-0.2, 0) is 25.6 Å². The first-order chi connectivity index (χ1) is 12.7. The number of ether oxygens (including phenoxy) is 4. The minimum Gasteiger partial charge on any atom is -0.368 e. The average Bonchev–Trinajstić information content (AvgIpc) is 2.97. The Hall–Kier alpha value is -1.46. The van der Waals surface area contributed by atoms with Gasteiger partial charge in [-0.05, 0) is 48.2 Å². The van der Waals surface area contributed by atoms with E-state index in [4.69, 9.17) is 18.9 Å². The van der Waals surface area contributed by atoms with Gasteiger partial charge in [-0.15, -0.1) is 0 Å². The first-order valence-electron chi connectivity index (χ1n) is 9.66. The Bertz CT molecular complexity index is 772. The third-order valence-electron chi connectivity index (χ3n) is 5.40. The second-order valence-corrected chi connectivity index (χ2v) is 7.44. The van der Waals surface area contributed by atoms with Crippen LogP contribution >= 0.6 is 0 Å². The van der Waals surface area contributed by atoms with Crippen molar-refractivity contribution in [3.8, 4) is 0 Å². The summed E-state index contributed by atoms with van der Waals surface area (Å²) in [5.74, 6) is 0. The zero-order valence-electron chi connectivity index (χ0n) is 15.9. The van der Waals surface area contributed by atoms with Gasteiger partial charge in [0.15, 0.2) is 6.29 Å². The molecule has 2 aromatic rings. The monoisotopic (exact) mass is 356 g/mol. The van der Waals surface area contributed by atoms with Crippen LogP contribution in [0.3, 0.4) is 0 Å². The average molecular weight is 356 g/mol. The van der Waals surface area contributed by atoms with Crippen LogP contribution in [0.5, 0.6) is 0 Å². The fraction of sp³-hybridized carbons (Fsp3) is 0.545.